The van der Waals surface area contributed by atoms with Crippen molar-refractivity contribution in [2.24, 2.45) is 12.8 Å². The van der Waals surface area contributed by atoms with Gasteiger partial charge in [-0.05, 0) is 0 Å². The normalized spacial score (nSPS) is 10.8. The molecule has 0 bridgehead atoms. The number of hydrogen-bond acceptors (Lipinski definition) is 3. The van der Waals surface area contributed by atoms with Crippen LogP contribution in [0.5, 0.6) is 0 Å². The number of nitrogens with two attached hydrogens (primary N) is 1. The van der Waals surface area contributed by atoms with Gasteiger partial charge in [-0.1, -0.05) is 12.2 Å². The van der Waals surface area contributed by atoms with E-state index in [2.05, 4.69) is 10.3 Å². The summed E-state index contributed by atoms with van der Waals surface area (Å²) in [6.07, 6.45) is 7.55. The Morgan fingerprint density at radius 3 is 3.08 bits per heavy atom. The molecule has 0 saturated heterocycles. The largest absolute Gasteiger partial charge is 0.352 e. The minimum Gasteiger partial charge on any atom is -0.352 e. The van der Waals surface area contributed by atoms with Gasteiger partial charge in [0.05, 0.1) is 0 Å². The summed E-state index contributed by atoms with van der Waals surface area (Å²) in [6.45, 7) is 1.35. The third kappa shape index (κ3) is 2.39. The maximum absolute atomic E-state index is 5.28. The Morgan fingerprint density at radius 2 is 2.50 bits per heavy atom. The molecule has 4 nitrogen and oxygen atoms in total. The summed E-state index contributed by atoms with van der Waals surface area (Å²) >= 11 is 0. The van der Waals surface area contributed by atoms with E-state index < -0.39 is 0 Å². The summed E-state index contributed by atoms with van der Waals surface area (Å²) < 4.78 is 1.93. The third-order valence-corrected chi connectivity index (χ3v) is 1.50. The van der Waals surface area contributed by atoms with Gasteiger partial charge in [0.1, 0.15) is 0 Å². The molecule has 1 aromatic rings. The van der Waals surface area contributed by atoms with Crippen LogP contribution >= 0.6 is 0 Å². The molecule has 12 heavy (non-hydrogen) atoms. The lowest BCUT2D eigenvalue weighted by molar-refractivity contribution is 0.912. The Bertz CT molecular complexity index is 251. The van der Waals surface area contributed by atoms with Crippen LogP contribution in [0.1, 0.15) is 0 Å². The molecular formula is C8H14N4. The van der Waals surface area contributed by atoms with Crippen LogP contribution in [0.2, 0.25) is 0 Å². The minimum atomic E-state index is 0.586. The zero-order chi connectivity index (χ0) is 8.81. The van der Waals surface area contributed by atoms with Crippen molar-refractivity contribution >= 4 is 5.95 Å². The SMILES string of the molecule is Cn1ccnc1NC/C=C/CN. The second-order valence-corrected chi connectivity index (χ2v) is 2.45. The van der Waals surface area contributed by atoms with Gasteiger partial charge in [0, 0.05) is 32.5 Å². The predicted octanol–water partition coefficient (Wildman–Crippen LogP) is 0.347. The van der Waals surface area contributed by atoms with Gasteiger partial charge >= 0.3 is 0 Å². The highest BCUT2D eigenvalue weighted by Crippen LogP contribution is 1.99. The van der Waals surface area contributed by atoms with Crippen LogP contribution in [0.15, 0.2) is 24.5 Å². The highest BCUT2D eigenvalue weighted by atomic mass is 15.2. The molecule has 0 atom stereocenters. The Kier molecular flexibility index (Phi) is 3.35. The first-order valence-corrected chi connectivity index (χ1v) is 3.91. The van der Waals surface area contributed by atoms with Gasteiger partial charge in [-0.3, -0.25) is 0 Å². The van der Waals surface area contributed by atoms with Gasteiger partial charge in [-0.15, -0.1) is 0 Å². The molecule has 0 saturated carbocycles. The molecule has 1 heterocycles. The van der Waals surface area contributed by atoms with Gasteiger partial charge in [0.25, 0.3) is 0 Å². The van der Waals surface area contributed by atoms with Crippen molar-refractivity contribution in [3.8, 4) is 0 Å². The highest BCUT2D eigenvalue weighted by Gasteiger charge is 1.93. The molecule has 0 aliphatic heterocycles. The second kappa shape index (κ2) is 4.56. The van der Waals surface area contributed by atoms with Crippen molar-refractivity contribution < 1.29 is 0 Å². The van der Waals surface area contributed by atoms with E-state index in [-0.39, 0.29) is 0 Å². The molecule has 0 spiro atoms. The van der Waals surface area contributed by atoms with Crippen LogP contribution < -0.4 is 11.1 Å². The number of anilines is 1. The topological polar surface area (TPSA) is 55.9 Å². The number of nitrogens with zero attached hydrogens (tertiary/aromatic N) is 2. The maximum Gasteiger partial charge on any atom is 0.202 e. The van der Waals surface area contributed by atoms with Gasteiger partial charge in [-0.25, -0.2) is 4.98 Å². The number of hydrogen-bond donors (Lipinski definition) is 2. The lowest BCUT2D eigenvalue weighted by atomic mass is 10.5. The van der Waals surface area contributed by atoms with E-state index in [4.69, 9.17) is 5.73 Å². The first kappa shape index (κ1) is 8.80. The summed E-state index contributed by atoms with van der Waals surface area (Å²) in [7, 11) is 1.95. The van der Waals surface area contributed by atoms with Crippen molar-refractivity contribution in [2.45, 2.75) is 0 Å². The molecule has 4 heteroatoms. The van der Waals surface area contributed by atoms with E-state index in [1.807, 2.05) is 30.0 Å². The van der Waals surface area contributed by atoms with Crippen molar-refractivity contribution in [3.63, 3.8) is 0 Å². The second-order valence-electron chi connectivity index (χ2n) is 2.45. The van der Waals surface area contributed by atoms with E-state index in [1.165, 1.54) is 0 Å². The Labute approximate surface area is 72.1 Å². The monoisotopic (exact) mass is 166 g/mol. The molecule has 0 amide bonds. The average Bonchev–Trinajstić information content (AvgIpc) is 2.46. The van der Waals surface area contributed by atoms with Gasteiger partial charge < -0.3 is 15.6 Å². The average molecular weight is 166 g/mol. The van der Waals surface area contributed by atoms with E-state index in [0.29, 0.717) is 6.54 Å². The standard InChI is InChI=1S/C8H14N4/c1-12-7-6-11-8(12)10-5-3-2-4-9/h2-3,6-7H,4-5,9H2,1H3,(H,10,11)/b3-2+. The van der Waals surface area contributed by atoms with Crippen LogP contribution in [0.4, 0.5) is 5.95 Å². The van der Waals surface area contributed by atoms with Gasteiger partial charge in [-0.2, -0.15) is 0 Å². The lowest BCUT2D eigenvalue weighted by Crippen LogP contribution is -2.04. The summed E-state index contributed by atoms with van der Waals surface area (Å²) in [6, 6.07) is 0. The molecule has 66 valence electrons. The van der Waals surface area contributed by atoms with E-state index in [9.17, 15) is 0 Å². The summed E-state index contributed by atoms with van der Waals surface area (Å²) in [5.74, 6) is 0.872. The molecule has 0 radical (unpaired) electrons. The van der Waals surface area contributed by atoms with Gasteiger partial charge in [0.2, 0.25) is 5.95 Å². The first-order chi connectivity index (χ1) is 5.84. The number of rotatable bonds is 4. The summed E-state index contributed by atoms with van der Waals surface area (Å²) in [5.41, 5.74) is 5.28. The zero-order valence-electron chi connectivity index (χ0n) is 7.20. The Morgan fingerprint density at radius 1 is 1.67 bits per heavy atom. The van der Waals surface area contributed by atoms with Crippen molar-refractivity contribution in [2.75, 3.05) is 18.4 Å². The predicted molar refractivity (Wildman–Crippen MR) is 49.9 cm³/mol. The van der Waals surface area contributed by atoms with Crippen molar-refractivity contribution in [1.82, 2.24) is 9.55 Å². The minimum absolute atomic E-state index is 0.586. The van der Waals surface area contributed by atoms with E-state index >= 15 is 0 Å². The van der Waals surface area contributed by atoms with Gasteiger partial charge in [0.15, 0.2) is 0 Å². The quantitative estimate of drug-likeness (QED) is 0.634. The van der Waals surface area contributed by atoms with E-state index in [1.54, 1.807) is 6.20 Å². The molecule has 0 aromatic carbocycles. The fourth-order valence-electron chi connectivity index (χ4n) is 0.866. The molecule has 0 aliphatic carbocycles. The van der Waals surface area contributed by atoms with Crippen LogP contribution in [-0.2, 0) is 7.05 Å². The molecule has 3 N–H and O–H groups in total. The smallest absolute Gasteiger partial charge is 0.202 e. The molecule has 1 aromatic heterocycles. The van der Waals surface area contributed by atoms with Crippen molar-refractivity contribution in [3.05, 3.63) is 24.5 Å². The number of aryl methyl sites for hydroxylation is 1. The first-order valence-electron chi connectivity index (χ1n) is 3.91. The van der Waals surface area contributed by atoms with Crippen LogP contribution in [0.3, 0.4) is 0 Å². The van der Waals surface area contributed by atoms with Crippen LogP contribution in [0, 0.1) is 0 Å². The lowest BCUT2D eigenvalue weighted by Gasteiger charge is -2.01. The fourth-order valence-corrected chi connectivity index (χ4v) is 0.866. The maximum atomic E-state index is 5.28. The number of nitrogens with one attached hydrogen (secondary N) is 1. The van der Waals surface area contributed by atoms with Crippen LogP contribution in [-0.4, -0.2) is 22.6 Å². The van der Waals surface area contributed by atoms with E-state index in [0.717, 1.165) is 12.5 Å². The Balaban J connectivity index is 2.33. The summed E-state index contributed by atoms with van der Waals surface area (Å²) in [5, 5.41) is 3.14. The Hall–Kier alpha value is -1.29. The van der Waals surface area contributed by atoms with Crippen LogP contribution in [0.25, 0.3) is 0 Å². The number of imidazole rings is 1. The molecule has 1 rings (SSSR count). The van der Waals surface area contributed by atoms with Crippen molar-refractivity contribution in [1.29, 1.82) is 0 Å². The molecular weight excluding hydrogens is 152 g/mol. The molecule has 0 fully saturated rings. The molecule has 0 unspecified atom stereocenters. The molecule has 0 aliphatic rings. The number of aromatic nitrogens is 2. The fraction of sp³-hybridized carbons (Fsp3) is 0.375. The third-order valence-electron chi connectivity index (χ3n) is 1.50. The highest BCUT2D eigenvalue weighted by molar-refractivity contribution is 5.26. The summed E-state index contributed by atoms with van der Waals surface area (Å²) in [4.78, 5) is 4.10. The zero-order valence-corrected chi connectivity index (χ0v) is 7.20.